The van der Waals surface area contributed by atoms with E-state index in [1.165, 1.54) is 11.8 Å². The van der Waals surface area contributed by atoms with Crippen molar-refractivity contribution in [3.8, 4) is 0 Å². The van der Waals surface area contributed by atoms with Crippen molar-refractivity contribution in [3.05, 3.63) is 54.4 Å². The van der Waals surface area contributed by atoms with Crippen LogP contribution in [0.1, 0.15) is 32.9 Å². The predicted octanol–water partition coefficient (Wildman–Crippen LogP) is 5.20. The molecule has 3 aromatic heterocycles. The molecule has 0 bridgehead atoms. The van der Waals surface area contributed by atoms with E-state index in [9.17, 15) is 4.79 Å². The first-order valence-corrected chi connectivity index (χ1v) is 14.0. The third kappa shape index (κ3) is 6.85. The minimum Gasteiger partial charge on any atom is -0.325 e. The Balaban J connectivity index is 1.19. The van der Waals surface area contributed by atoms with E-state index in [0.717, 1.165) is 41.4 Å². The standard InChI is InChI=1S/C26H32N8OS2/c1-17-14-21(32-31-17)28-24-30-25(29-22-6-5-12-34(22)24)36-19-9-7-18(8-10-19)27-23(35)16-33-13-11-20(15-33)37-26(2,3)4/h5-10,12,14,20H,11,13,15-16H2,1-4H3,(H,27,35)(H2,28,29,30,31,32). The number of nitrogens with zero attached hydrogens (tertiary/aromatic N) is 5. The molecule has 37 heavy (non-hydrogen) atoms. The summed E-state index contributed by atoms with van der Waals surface area (Å²) in [6.45, 7) is 11.1. The molecule has 4 heterocycles. The molecule has 11 heteroatoms. The average Bonchev–Trinajstić information content (AvgIpc) is 3.56. The highest BCUT2D eigenvalue weighted by atomic mass is 32.2. The lowest BCUT2D eigenvalue weighted by Gasteiger charge is -2.23. The molecule has 1 unspecified atom stereocenters. The molecule has 1 saturated heterocycles. The van der Waals surface area contributed by atoms with Gasteiger partial charge in [-0.05, 0) is 68.0 Å². The van der Waals surface area contributed by atoms with Gasteiger partial charge in [0.1, 0.15) is 5.65 Å². The molecule has 3 N–H and O–H groups in total. The van der Waals surface area contributed by atoms with Gasteiger partial charge in [-0.25, -0.2) is 4.98 Å². The van der Waals surface area contributed by atoms with E-state index in [1.807, 2.05) is 71.7 Å². The molecule has 1 amide bonds. The van der Waals surface area contributed by atoms with Crippen molar-refractivity contribution in [1.29, 1.82) is 0 Å². The summed E-state index contributed by atoms with van der Waals surface area (Å²) in [5, 5.41) is 14.7. The van der Waals surface area contributed by atoms with Gasteiger partial charge in [0.2, 0.25) is 11.9 Å². The molecule has 1 aromatic carbocycles. The van der Waals surface area contributed by atoms with E-state index in [0.29, 0.717) is 28.7 Å². The zero-order valence-electron chi connectivity index (χ0n) is 21.5. The molecule has 4 aromatic rings. The first-order chi connectivity index (χ1) is 17.7. The Hall–Kier alpha value is -3.02. The zero-order chi connectivity index (χ0) is 26.0. The number of carbonyl (C=O) groups is 1. The number of rotatable bonds is 8. The van der Waals surface area contributed by atoms with E-state index in [1.54, 1.807) is 0 Å². The number of nitrogens with one attached hydrogen (secondary N) is 3. The van der Waals surface area contributed by atoms with Crippen LogP contribution in [0.15, 0.2) is 58.7 Å². The van der Waals surface area contributed by atoms with E-state index in [2.05, 4.69) is 51.5 Å². The Bertz CT molecular complexity index is 1380. The molecule has 194 valence electrons. The number of benzene rings is 1. The van der Waals surface area contributed by atoms with Gasteiger partial charge in [0, 0.05) is 45.1 Å². The highest BCUT2D eigenvalue weighted by molar-refractivity contribution is 8.01. The molecule has 1 aliphatic heterocycles. The number of hydrogen-bond donors (Lipinski definition) is 3. The lowest BCUT2D eigenvalue weighted by Crippen LogP contribution is -2.32. The largest absolute Gasteiger partial charge is 0.325 e. The highest BCUT2D eigenvalue weighted by Gasteiger charge is 2.28. The first kappa shape index (κ1) is 25.6. The molecule has 0 saturated carbocycles. The van der Waals surface area contributed by atoms with Gasteiger partial charge >= 0.3 is 0 Å². The van der Waals surface area contributed by atoms with Crippen molar-refractivity contribution in [2.24, 2.45) is 0 Å². The van der Waals surface area contributed by atoms with Crippen molar-refractivity contribution >= 4 is 52.5 Å². The van der Waals surface area contributed by atoms with Crippen LogP contribution in [-0.4, -0.2) is 65.0 Å². The summed E-state index contributed by atoms with van der Waals surface area (Å²) >= 11 is 3.48. The topological polar surface area (TPSA) is 103 Å². The second kappa shape index (κ2) is 10.8. The highest BCUT2D eigenvalue weighted by Crippen LogP contribution is 2.33. The fraction of sp³-hybridized carbons (Fsp3) is 0.385. The second-order valence-electron chi connectivity index (χ2n) is 10.2. The number of thioether (sulfide) groups is 1. The average molecular weight is 537 g/mol. The molecule has 5 rings (SSSR count). The predicted molar refractivity (Wildman–Crippen MR) is 151 cm³/mol. The van der Waals surface area contributed by atoms with Crippen LogP contribution in [0.2, 0.25) is 0 Å². The summed E-state index contributed by atoms with van der Waals surface area (Å²) < 4.78 is 2.13. The van der Waals surface area contributed by atoms with Crippen LogP contribution in [0.4, 0.5) is 17.5 Å². The van der Waals surface area contributed by atoms with Crippen LogP contribution >= 0.6 is 23.5 Å². The number of aromatic amines is 1. The molecule has 0 radical (unpaired) electrons. The zero-order valence-corrected chi connectivity index (χ0v) is 23.1. The first-order valence-electron chi connectivity index (χ1n) is 12.3. The van der Waals surface area contributed by atoms with Crippen molar-refractivity contribution < 1.29 is 4.79 Å². The number of anilines is 3. The summed E-state index contributed by atoms with van der Waals surface area (Å²) in [5.74, 6) is 1.35. The SMILES string of the molecule is Cc1cc(Nc2nc(Sc3ccc(NC(=O)CN4CCC(SC(C)(C)C)C4)cc3)nc3cccn23)n[nH]1. The number of aromatic nitrogens is 5. The summed E-state index contributed by atoms with van der Waals surface area (Å²) in [6.07, 6.45) is 3.05. The third-order valence-electron chi connectivity index (χ3n) is 5.78. The maximum Gasteiger partial charge on any atom is 0.238 e. The molecule has 1 atom stereocenters. The molecular formula is C26H32N8OS2. The van der Waals surface area contributed by atoms with Crippen LogP contribution in [-0.2, 0) is 4.79 Å². The molecule has 1 aliphatic rings. The van der Waals surface area contributed by atoms with Crippen LogP contribution in [0.5, 0.6) is 0 Å². The fourth-order valence-electron chi connectivity index (χ4n) is 4.29. The van der Waals surface area contributed by atoms with Gasteiger partial charge in [0.15, 0.2) is 11.0 Å². The molecule has 0 spiro atoms. The number of aryl methyl sites for hydroxylation is 1. The van der Waals surface area contributed by atoms with Crippen LogP contribution in [0.3, 0.4) is 0 Å². The lowest BCUT2D eigenvalue weighted by molar-refractivity contribution is -0.117. The molecule has 0 aliphatic carbocycles. The van der Waals surface area contributed by atoms with Gasteiger partial charge in [-0.15, -0.1) is 0 Å². The Labute approximate surface area is 225 Å². The quantitative estimate of drug-likeness (QED) is 0.282. The van der Waals surface area contributed by atoms with Crippen molar-refractivity contribution in [3.63, 3.8) is 0 Å². The van der Waals surface area contributed by atoms with Gasteiger partial charge in [0.05, 0.1) is 6.54 Å². The summed E-state index contributed by atoms with van der Waals surface area (Å²) in [5.41, 5.74) is 2.54. The van der Waals surface area contributed by atoms with Gasteiger partial charge in [-0.3, -0.25) is 19.2 Å². The van der Waals surface area contributed by atoms with Crippen LogP contribution < -0.4 is 10.6 Å². The van der Waals surface area contributed by atoms with Crippen LogP contribution in [0, 0.1) is 6.92 Å². The van der Waals surface area contributed by atoms with E-state index >= 15 is 0 Å². The fourth-order valence-corrected chi connectivity index (χ4v) is 6.56. The van der Waals surface area contributed by atoms with Crippen molar-refractivity contribution in [2.75, 3.05) is 30.3 Å². The smallest absolute Gasteiger partial charge is 0.238 e. The van der Waals surface area contributed by atoms with Gasteiger partial charge in [0.25, 0.3) is 0 Å². The molecule has 9 nitrogen and oxygen atoms in total. The summed E-state index contributed by atoms with van der Waals surface area (Å²) in [4.78, 5) is 25.2. The minimum absolute atomic E-state index is 0.0214. The molecule has 1 fully saturated rings. The molecular weight excluding hydrogens is 504 g/mol. The van der Waals surface area contributed by atoms with E-state index in [-0.39, 0.29) is 10.7 Å². The monoisotopic (exact) mass is 536 g/mol. The van der Waals surface area contributed by atoms with E-state index < -0.39 is 0 Å². The Kier molecular flexibility index (Phi) is 7.45. The maximum absolute atomic E-state index is 12.6. The second-order valence-corrected chi connectivity index (χ2v) is 13.3. The third-order valence-corrected chi connectivity index (χ3v) is 8.07. The van der Waals surface area contributed by atoms with Gasteiger partial charge < -0.3 is 10.6 Å². The van der Waals surface area contributed by atoms with Crippen molar-refractivity contribution in [2.45, 2.75) is 54.2 Å². The van der Waals surface area contributed by atoms with Gasteiger partial charge in [-0.1, -0.05) is 20.8 Å². The van der Waals surface area contributed by atoms with E-state index in [4.69, 9.17) is 4.98 Å². The number of H-pyrrole nitrogens is 1. The van der Waals surface area contributed by atoms with Crippen molar-refractivity contribution in [1.82, 2.24) is 29.5 Å². The van der Waals surface area contributed by atoms with Gasteiger partial charge in [-0.2, -0.15) is 21.8 Å². The maximum atomic E-state index is 12.6. The number of hydrogen-bond acceptors (Lipinski definition) is 8. The normalized spacial score (nSPS) is 16.4. The summed E-state index contributed by atoms with van der Waals surface area (Å²) in [6, 6.07) is 13.6. The minimum atomic E-state index is 0.0214. The Morgan fingerprint density at radius 1 is 1.19 bits per heavy atom. The summed E-state index contributed by atoms with van der Waals surface area (Å²) in [7, 11) is 0. The Morgan fingerprint density at radius 2 is 2.00 bits per heavy atom. The Morgan fingerprint density at radius 3 is 2.73 bits per heavy atom. The lowest BCUT2D eigenvalue weighted by atomic mass is 10.3. The number of fused-ring (bicyclic) bond motifs is 1. The number of likely N-dealkylation sites (tertiary alicyclic amines) is 1. The number of amides is 1. The van der Waals surface area contributed by atoms with Crippen LogP contribution in [0.25, 0.3) is 5.65 Å². The number of carbonyl (C=O) groups excluding carboxylic acids is 1.